The average molecular weight is 281 g/mol. The number of nitrogens with zero attached hydrogens (tertiary/aromatic N) is 1. The van der Waals surface area contributed by atoms with Crippen LogP contribution in [-0.4, -0.2) is 27.7 Å². The van der Waals surface area contributed by atoms with Crippen molar-refractivity contribution in [1.29, 1.82) is 0 Å². The van der Waals surface area contributed by atoms with Crippen LogP contribution in [0.1, 0.15) is 39.7 Å². The highest BCUT2D eigenvalue weighted by atomic mass is 32.2. The number of pyridine rings is 1. The van der Waals surface area contributed by atoms with Crippen LogP contribution >= 0.6 is 11.8 Å². The molecule has 0 amide bonds. The molecule has 0 bridgehead atoms. The molecule has 0 aromatic carbocycles. The zero-order chi connectivity index (χ0) is 14.1. The van der Waals surface area contributed by atoms with E-state index in [2.05, 4.69) is 18.8 Å². The molecule has 0 aliphatic carbocycles. The minimum absolute atomic E-state index is 0.112. The Bertz CT molecular complexity index is 448. The Balaban J connectivity index is 2.34. The second-order valence-corrected chi connectivity index (χ2v) is 7.23. The van der Waals surface area contributed by atoms with Crippen LogP contribution in [0.25, 0.3) is 0 Å². The Morgan fingerprint density at radius 1 is 1.37 bits per heavy atom. The van der Waals surface area contributed by atoms with Crippen molar-refractivity contribution in [2.24, 2.45) is 5.41 Å². The van der Waals surface area contributed by atoms with Crippen molar-refractivity contribution in [1.82, 2.24) is 4.98 Å². The molecule has 1 aliphatic rings. The van der Waals surface area contributed by atoms with Gasteiger partial charge in [-0.2, -0.15) is 11.8 Å². The highest BCUT2D eigenvalue weighted by Crippen LogP contribution is 2.48. The van der Waals surface area contributed by atoms with Gasteiger partial charge < -0.3 is 9.84 Å². The van der Waals surface area contributed by atoms with Gasteiger partial charge in [0.15, 0.2) is 0 Å². The molecule has 1 saturated heterocycles. The van der Waals surface area contributed by atoms with Crippen molar-refractivity contribution in [3.63, 3.8) is 0 Å². The summed E-state index contributed by atoms with van der Waals surface area (Å²) < 4.78 is 5.68. The Labute approximate surface area is 119 Å². The van der Waals surface area contributed by atoms with E-state index in [0.29, 0.717) is 5.75 Å². The lowest BCUT2D eigenvalue weighted by atomic mass is 9.70. The summed E-state index contributed by atoms with van der Waals surface area (Å²) in [4.78, 5) is 4.23. The Morgan fingerprint density at radius 2 is 2.11 bits per heavy atom. The zero-order valence-corrected chi connectivity index (χ0v) is 13.0. The summed E-state index contributed by atoms with van der Waals surface area (Å²) in [6.45, 7) is 8.23. The monoisotopic (exact) mass is 281 g/mol. The SMILES string of the molecule is CC(C)Oc1cncc(C2(O)CSCCC2(C)C)c1. The van der Waals surface area contributed by atoms with Crippen LogP contribution in [0.5, 0.6) is 5.75 Å². The molecule has 19 heavy (non-hydrogen) atoms. The number of aliphatic hydroxyl groups is 1. The summed E-state index contributed by atoms with van der Waals surface area (Å²) in [6.07, 6.45) is 4.58. The smallest absolute Gasteiger partial charge is 0.138 e. The van der Waals surface area contributed by atoms with E-state index in [1.807, 2.05) is 19.9 Å². The Morgan fingerprint density at radius 3 is 2.74 bits per heavy atom. The highest BCUT2D eigenvalue weighted by Gasteiger charge is 2.47. The quantitative estimate of drug-likeness (QED) is 0.923. The molecule has 2 rings (SSSR count). The topological polar surface area (TPSA) is 42.4 Å². The van der Waals surface area contributed by atoms with Crippen molar-refractivity contribution in [3.8, 4) is 5.75 Å². The molecule has 4 heteroatoms. The van der Waals surface area contributed by atoms with Gasteiger partial charge in [-0.15, -0.1) is 0 Å². The normalized spacial score (nSPS) is 26.4. The minimum atomic E-state index is -0.834. The zero-order valence-electron chi connectivity index (χ0n) is 12.1. The van der Waals surface area contributed by atoms with Gasteiger partial charge in [0.2, 0.25) is 0 Å². The molecule has 1 fully saturated rings. The Hall–Kier alpha value is -0.740. The maximum Gasteiger partial charge on any atom is 0.138 e. The fourth-order valence-electron chi connectivity index (χ4n) is 2.41. The fraction of sp³-hybridized carbons (Fsp3) is 0.667. The van der Waals surface area contributed by atoms with Gasteiger partial charge in [-0.1, -0.05) is 13.8 Å². The van der Waals surface area contributed by atoms with Gasteiger partial charge in [0.1, 0.15) is 11.4 Å². The summed E-state index contributed by atoms with van der Waals surface area (Å²) >= 11 is 1.80. The van der Waals surface area contributed by atoms with Crippen molar-refractivity contribution < 1.29 is 9.84 Å². The highest BCUT2D eigenvalue weighted by molar-refractivity contribution is 7.99. The van der Waals surface area contributed by atoms with Crippen LogP contribution in [0.2, 0.25) is 0 Å². The van der Waals surface area contributed by atoms with Gasteiger partial charge in [0.25, 0.3) is 0 Å². The molecule has 3 nitrogen and oxygen atoms in total. The van der Waals surface area contributed by atoms with E-state index in [0.717, 1.165) is 23.5 Å². The van der Waals surface area contributed by atoms with E-state index in [-0.39, 0.29) is 11.5 Å². The first-order chi connectivity index (χ1) is 8.85. The largest absolute Gasteiger partial charge is 0.489 e. The average Bonchev–Trinajstić information content (AvgIpc) is 2.32. The fourth-order valence-corrected chi connectivity index (χ4v) is 4.06. The van der Waals surface area contributed by atoms with Crippen LogP contribution < -0.4 is 4.74 Å². The molecule has 1 atom stereocenters. The molecule has 1 aromatic rings. The van der Waals surface area contributed by atoms with Crippen LogP contribution in [0.4, 0.5) is 0 Å². The molecule has 0 radical (unpaired) electrons. The van der Waals surface area contributed by atoms with Gasteiger partial charge in [-0.25, -0.2) is 0 Å². The van der Waals surface area contributed by atoms with Crippen molar-refractivity contribution in [2.45, 2.75) is 45.8 Å². The Kier molecular flexibility index (Phi) is 4.11. The van der Waals surface area contributed by atoms with E-state index in [1.165, 1.54) is 0 Å². The minimum Gasteiger partial charge on any atom is -0.489 e. The maximum atomic E-state index is 11.1. The molecule has 1 aromatic heterocycles. The predicted octanol–water partition coefficient (Wildman–Crippen LogP) is 3.22. The number of rotatable bonds is 3. The summed E-state index contributed by atoms with van der Waals surface area (Å²) in [6, 6.07) is 1.93. The van der Waals surface area contributed by atoms with Crippen molar-refractivity contribution in [3.05, 3.63) is 24.0 Å². The molecule has 0 saturated carbocycles. The lowest BCUT2D eigenvalue weighted by molar-refractivity contribution is -0.0583. The van der Waals surface area contributed by atoms with Gasteiger partial charge in [-0.3, -0.25) is 4.98 Å². The standard InChI is InChI=1S/C15H23NO2S/c1-11(2)18-13-7-12(8-16-9-13)15(17)10-19-6-5-14(15,3)4/h7-9,11,17H,5-6,10H2,1-4H3. The van der Waals surface area contributed by atoms with Gasteiger partial charge in [0, 0.05) is 17.5 Å². The number of hydrogen-bond acceptors (Lipinski definition) is 4. The predicted molar refractivity (Wildman–Crippen MR) is 79.6 cm³/mol. The number of thioether (sulfide) groups is 1. The summed E-state index contributed by atoms with van der Waals surface area (Å²) in [5.74, 6) is 2.55. The molecule has 1 aliphatic heterocycles. The number of hydrogen-bond donors (Lipinski definition) is 1. The third-order valence-electron chi connectivity index (χ3n) is 3.86. The summed E-state index contributed by atoms with van der Waals surface area (Å²) in [5.41, 5.74) is -0.113. The van der Waals surface area contributed by atoms with Crippen LogP contribution in [0, 0.1) is 5.41 Å². The second kappa shape index (κ2) is 5.33. The lowest BCUT2D eigenvalue weighted by Gasteiger charge is -2.46. The molecule has 1 unspecified atom stereocenters. The first kappa shape index (κ1) is 14.7. The molecule has 1 N–H and O–H groups in total. The molecule has 106 valence electrons. The van der Waals surface area contributed by atoms with E-state index in [1.54, 1.807) is 24.2 Å². The van der Waals surface area contributed by atoms with E-state index in [4.69, 9.17) is 4.74 Å². The molecular weight excluding hydrogens is 258 g/mol. The van der Waals surface area contributed by atoms with Crippen molar-refractivity contribution in [2.75, 3.05) is 11.5 Å². The molecule has 0 spiro atoms. The van der Waals surface area contributed by atoms with E-state index < -0.39 is 5.60 Å². The van der Waals surface area contributed by atoms with Crippen LogP contribution in [0.3, 0.4) is 0 Å². The van der Waals surface area contributed by atoms with Crippen LogP contribution in [0.15, 0.2) is 18.5 Å². The van der Waals surface area contributed by atoms with Gasteiger partial charge in [0.05, 0.1) is 12.3 Å². The van der Waals surface area contributed by atoms with E-state index in [9.17, 15) is 5.11 Å². The molecular formula is C15H23NO2S. The molecule has 2 heterocycles. The first-order valence-electron chi connectivity index (χ1n) is 6.77. The number of aromatic nitrogens is 1. The summed E-state index contributed by atoms with van der Waals surface area (Å²) in [5, 5.41) is 11.1. The lowest BCUT2D eigenvalue weighted by Crippen LogP contribution is -2.47. The van der Waals surface area contributed by atoms with Gasteiger partial charge >= 0.3 is 0 Å². The summed E-state index contributed by atoms with van der Waals surface area (Å²) in [7, 11) is 0. The maximum absolute atomic E-state index is 11.1. The van der Waals surface area contributed by atoms with Crippen molar-refractivity contribution >= 4 is 11.8 Å². The first-order valence-corrected chi connectivity index (χ1v) is 7.93. The van der Waals surface area contributed by atoms with Crippen LogP contribution in [-0.2, 0) is 5.60 Å². The second-order valence-electron chi connectivity index (χ2n) is 6.12. The third kappa shape index (κ3) is 2.90. The van der Waals surface area contributed by atoms with E-state index >= 15 is 0 Å². The third-order valence-corrected chi connectivity index (χ3v) is 4.98. The van der Waals surface area contributed by atoms with Gasteiger partial charge in [-0.05, 0) is 37.5 Å². The number of ether oxygens (including phenoxy) is 1.